The van der Waals surface area contributed by atoms with Crippen molar-refractivity contribution in [3.63, 3.8) is 0 Å². The Morgan fingerprint density at radius 3 is 2.93 bits per heavy atom. The number of hydrogen-bond acceptors (Lipinski definition) is 4. The number of halogens is 1. The monoisotopic (exact) mass is 382 g/mol. The van der Waals surface area contributed by atoms with Gasteiger partial charge in [-0.2, -0.15) is 10.4 Å². The maximum atomic E-state index is 13.5. The number of urea groups is 1. The summed E-state index contributed by atoms with van der Waals surface area (Å²) in [4.78, 5) is 28.7. The zero-order valence-corrected chi connectivity index (χ0v) is 15.4. The van der Waals surface area contributed by atoms with Crippen molar-refractivity contribution in [2.45, 2.75) is 25.9 Å². The molecule has 0 unspecified atom stereocenters. The lowest BCUT2D eigenvalue weighted by molar-refractivity contribution is 0.0793. The van der Waals surface area contributed by atoms with Gasteiger partial charge in [0.1, 0.15) is 17.6 Å². The first kappa shape index (κ1) is 18.0. The minimum Gasteiger partial charge on any atom is -0.340 e. The second-order valence-electron chi connectivity index (χ2n) is 6.99. The smallest absolute Gasteiger partial charge is 0.322 e. The molecular weight excluding hydrogens is 363 g/mol. The van der Waals surface area contributed by atoms with Gasteiger partial charge in [-0.3, -0.25) is 9.48 Å². The molecule has 9 heteroatoms. The number of hydrogen-bond donors (Lipinski definition) is 1. The topological polar surface area (TPSA) is 94.3 Å². The summed E-state index contributed by atoms with van der Waals surface area (Å²) in [5, 5.41) is 16.2. The molecule has 1 N–H and O–H groups in total. The maximum absolute atomic E-state index is 13.5. The zero-order valence-electron chi connectivity index (χ0n) is 15.4. The Hall–Kier alpha value is -3.41. The highest BCUT2D eigenvalue weighted by Crippen LogP contribution is 2.26. The van der Waals surface area contributed by atoms with Crippen LogP contribution in [0.5, 0.6) is 0 Å². The van der Waals surface area contributed by atoms with Crippen LogP contribution < -0.4 is 5.32 Å². The van der Waals surface area contributed by atoms with E-state index in [2.05, 4.69) is 10.4 Å². The largest absolute Gasteiger partial charge is 0.340 e. The minimum absolute atomic E-state index is 0.0781. The minimum atomic E-state index is -0.631. The predicted molar refractivity (Wildman–Crippen MR) is 98.1 cm³/mol. The van der Waals surface area contributed by atoms with Crippen LogP contribution in [0.2, 0.25) is 0 Å². The Bertz CT molecular complexity index is 1010. The molecule has 2 aliphatic heterocycles. The molecule has 0 fully saturated rings. The maximum Gasteiger partial charge on any atom is 0.322 e. The fourth-order valence-electron chi connectivity index (χ4n) is 3.63. The summed E-state index contributed by atoms with van der Waals surface area (Å²) in [5.41, 5.74) is 2.42. The summed E-state index contributed by atoms with van der Waals surface area (Å²) in [5.74, 6) is -0.709. The number of fused-ring (bicyclic) bond motifs is 3. The lowest BCUT2D eigenvalue weighted by Gasteiger charge is -2.27. The van der Waals surface area contributed by atoms with Gasteiger partial charge in [-0.25, -0.2) is 9.18 Å². The summed E-state index contributed by atoms with van der Waals surface area (Å²) >= 11 is 0. The zero-order chi connectivity index (χ0) is 19.8. The van der Waals surface area contributed by atoms with Crippen LogP contribution in [0.4, 0.5) is 14.9 Å². The summed E-state index contributed by atoms with van der Waals surface area (Å²) in [7, 11) is 1.77. The first-order valence-corrected chi connectivity index (χ1v) is 9.07. The molecule has 144 valence electrons. The molecule has 0 saturated heterocycles. The Labute approximate surface area is 161 Å². The third-order valence-electron chi connectivity index (χ3n) is 5.14. The summed E-state index contributed by atoms with van der Waals surface area (Å²) < 4.78 is 15.2. The molecule has 28 heavy (non-hydrogen) atoms. The first-order chi connectivity index (χ1) is 13.5. The van der Waals surface area contributed by atoms with Crippen molar-refractivity contribution in [2.24, 2.45) is 0 Å². The first-order valence-electron chi connectivity index (χ1n) is 9.07. The summed E-state index contributed by atoms with van der Waals surface area (Å²) in [6.45, 7) is 2.10. The number of nitriles is 1. The number of aryl methyl sites for hydroxylation is 1. The van der Waals surface area contributed by atoms with E-state index in [1.54, 1.807) is 27.6 Å². The van der Waals surface area contributed by atoms with E-state index in [0.29, 0.717) is 37.4 Å². The number of nitrogens with one attached hydrogen (secondary N) is 1. The van der Waals surface area contributed by atoms with Crippen LogP contribution in [0.1, 0.15) is 33.7 Å². The molecule has 3 amide bonds. The molecule has 8 nitrogen and oxygen atoms in total. The van der Waals surface area contributed by atoms with Crippen molar-refractivity contribution < 1.29 is 14.0 Å². The van der Waals surface area contributed by atoms with E-state index in [-0.39, 0.29) is 24.0 Å². The Balaban J connectivity index is 1.56. The van der Waals surface area contributed by atoms with Crippen molar-refractivity contribution in [1.82, 2.24) is 19.6 Å². The molecule has 1 aromatic carbocycles. The van der Waals surface area contributed by atoms with E-state index >= 15 is 0 Å². The number of amides is 3. The van der Waals surface area contributed by atoms with Crippen molar-refractivity contribution in [2.75, 3.05) is 25.5 Å². The van der Waals surface area contributed by atoms with Gasteiger partial charge >= 0.3 is 6.03 Å². The Kier molecular flexibility index (Phi) is 4.47. The van der Waals surface area contributed by atoms with Crippen LogP contribution >= 0.6 is 0 Å². The summed E-state index contributed by atoms with van der Waals surface area (Å²) in [6.07, 6.45) is 1.40. The van der Waals surface area contributed by atoms with Crippen LogP contribution in [-0.2, 0) is 19.5 Å². The van der Waals surface area contributed by atoms with Crippen LogP contribution in [0.3, 0.4) is 0 Å². The fourth-order valence-corrected chi connectivity index (χ4v) is 3.63. The molecule has 1 aromatic heterocycles. The average molecular weight is 382 g/mol. The van der Waals surface area contributed by atoms with Crippen molar-refractivity contribution >= 4 is 17.6 Å². The molecule has 0 atom stereocenters. The van der Waals surface area contributed by atoms with E-state index in [9.17, 15) is 14.0 Å². The van der Waals surface area contributed by atoms with Crippen molar-refractivity contribution in [1.29, 1.82) is 5.26 Å². The third-order valence-corrected chi connectivity index (χ3v) is 5.14. The van der Waals surface area contributed by atoms with Crippen LogP contribution in [-0.4, -0.2) is 51.7 Å². The molecule has 2 aromatic rings. The van der Waals surface area contributed by atoms with Gasteiger partial charge in [-0.15, -0.1) is 0 Å². The van der Waals surface area contributed by atoms with Gasteiger partial charge < -0.3 is 15.1 Å². The van der Waals surface area contributed by atoms with Crippen LogP contribution in [0.25, 0.3) is 0 Å². The molecule has 0 bridgehead atoms. The van der Waals surface area contributed by atoms with E-state index in [1.807, 2.05) is 0 Å². The molecule has 3 heterocycles. The van der Waals surface area contributed by atoms with Crippen LogP contribution in [0, 0.1) is 17.1 Å². The van der Waals surface area contributed by atoms with E-state index in [1.165, 1.54) is 12.1 Å². The summed E-state index contributed by atoms with van der Waals surface area (Å²) in [6, 6.07) is 5.25. The van der Waals surface area contributed by atoms with Gasteiger partial charge in [0.2, 0.25) is 0 Å². The molecular formula is C19H19FN6O2. The number of nitrogens with zero attached hydrogens (tertiary/aromatic N) is 5. The second-order valence-corrected chi connectivity index (χ2v) is 6.99. The van der Waals surface area contributed by atoms with Gasteiger partial charge in [0.25, 0.3) is 5.91 Å². The normalized spacial score (nSPS) is 16.1. The van der Waals surface area contributed by atoms with Gasteiger partial charge in [0, 0.05) is 44.4 Å². The number of anilines is 1. The van der Waals surface area contributed by atoms with Gasteiger partial charge in [-0.05, 0) is 24.6 Å². The number of carbonyl (C=O) groups excluding carboxylic acids is 2. The number of rotatable bonds is 1. The SMILES string of the molecule is CN1CCCn2nc3c(c2C1=O)CN(C(=O)Nc1ccc(F)c(C#N)c1)CC3. The molecule has 0 saturated carbocycles. The highest BCUT2D eigenvalue weighted by Gasteiger charge is 2.32. The van der Waals surface area contributed by atoms with E-state index in [0.717, 1.165) is 23.7 Å². The number of carbonyl (C=O) groups is 2. The molecule has 4 rings (SSSR count). The number of aromatic nitrogens is 2. The third kappa shape index (κ3) is 3.07. The Morgan fingerprint density at radius 1 is 1.32 bits per heavy atom. The lowest BCUT2D eigenvalue weighted by atomic mass is 10.0. The average Bonchev–Trinajstić information content (AvgIpc) is 2.99. The lowest BCUT2D eigenvalue weighted by Crippen LogP contribution is -2.39. The second kappa shape index (κ2) is 6.96. The van der Waals surface area contributed by atoms with Gasteiger partial charge in [-0.1, -0.05) is 0 Å². The number of benzene rings is 1. The molecule has 0 spiro atoms. The quantitative estimate of drug-likeness (QED) is 0.816. The fraction of sp³-hybridized carbons (Fsp3) is 0.368. The Morgan fingerprint density at radius 2 is 2.14 bits per heavy atom. The highest BCUT2D eigenvalue weighted by molar-refractivity contribution is 5.95. The standard InChI is InChI=1S/C19H19FN6O2/c1-24-6-2-7-26-17(18(24)27)14-11-25(8-5-16(14)23-26)19(28)22-13-3-4-15(20)12(9-13)10-21/h3-4,9H,2,5-8,11H2,1H3,(H,22,28). The predicted octanol–water partition coefficient (Wildman–Crippen LogP) is 1.96. The molecule has 2 aliphatic rings. The van der Waals surface area contributed by atoms with Gasteiger partial charge in [0.15, 0.2) is 0 Å². The van der Waals surface area contributed by atoms with Crippen LogP contribution in [0.15, 0.2) is 18.2 Å². The van der Waals surface area contributed by atoms with Gasteiger partial charge in [0.05, 0.1) is 17.8 Å². The highest BCUT2D eigenvalue weighted by atomic mass is 19.1. The molecule has 0 radical (unpaired) electrons. The van der Waals surface area contributed by atoms with Crippen molar-refractivity contribution in [3.8, 4) is 6.07 Å². The van der Waals surface area contributed by atoms with E-state index in [4.69, 9.17) is 5.26 Å². The van der Waals surface area contributed by atoms with Crippen molar-refractivity contribution in [3.05, 3.63) is 46.5 Å². The molecule has 0 aliphatic carbocycles. The van der Waals surface area contributed by atoms with E-state index < -0.39 is 5.82 Å².